The molecule has 0 aliphatic carbocycles. The second kappa shape index (κ2) is 5.52. The van der Waals surface area contributed by atoms with Gasteiger partial charge in [0.2, 0.25) is 0 Å². The first-order valence-corrected chi connectivity index (χ1v) is 6.55. The zero-order chi connectivity index (χ0) is 10.5. The van der Waals surface area contributed by atoms with Gasteiger partial charge in [-0.05, 0) is 42.8 Å². The molecule has 0 saturated carbocycles. The molecule has 1 nitrogen and oxygen atoms in total. The van der Waals surface area contributed by atoms with Crippen molar-refractivity contribution in [3.05, 3.63) is 35.6 Å². The molecule has 2 rings (SSSR count). The van der Waals surface area contributed by atoms with Crippen molar-refractivity contribution in [3.63, 3.8) is 0 Å². The summed E-state index contributed by atoms with van der Waals surface area (Å²) in [5.41, 5.74) is 1.20. The van der Waals surface area contributed by atoms with Gasteiger partial charge in [0.15, 0.2) is 0 Å². The van der Waals surface area contributed by atoms with E-state index in [0.717, 1.165) is 13.0 Å². The number of nitrogens with one attached hydrogen (secondary N) is 1. The van der Waals surface area contributed by atoms with Crippen LogP contribution >= 0.6 is 11.8 Å². The van der Waals surface area contributed by atoms with Crippen molar-refractivity contribution in [1.82, 2.24) is 5.32 Å². The summed E-state index contributed by atoms with van der Waals surface area (Å²) < 4.78 is 12.6. The normalized spacial score (nSPS) is 20.7. The van der Waals surface area contributed by atoms with Crippen LogP contribution in [0.3, 0.4) is 0 Å². The van der Waals surface area contributed by atoms with Gasteiger partial charge in [-0.3, -0.25) is 0 Å². The minimum atomic E-state index is -0.154. The molecule has 1 heterocycles. The molecule has 0 spiro atoms. The topological polar surface area (TPSA) is 12.0 Å². The largest absolute Gasteiger partial charge is 0.313 e. The Morgan fingerprint density at radius 1 is 1.33 bits per heavy atom. The van der Waals surface area contributed by atoms with Crippen LogP contribution in [0.15, 0.2) is 24.3 Å². The van der Waals surface area contributed by atoms with Crippen LogP contribution in [0.5, 0.6) is 0 Å². The molecule has 1 aromatic rings. The Morgan fingerprint density at radius 2 is 2.13 bits per heavy atom. The lowest BCUT2D eigenvalue weighted by Gasteiger charge is -2.10. The predicted molar refractivity (Wildman–Crippen MR) is 63.8 cm³/mol. The Morgan fingerprint density at radius 3 is 2.80 bits per heavy atom. The van der Waals surface area contributed by atoms with Crippen molar-refractivity contribution < 1.29 is 4.39 Å². The van der Waals surface area contributed by atoms with E-state index in [2.05, 4.69) is 5.32 Å². The second-order valence-corrected chi connectivity index (χ2v) is 5.04. The maximum atomic E-state index is 12.6. The highest BCUT2D eigenvalue weighted by atomic mass is 32.2. The van der Waals surface area contributed by atoms with Crippen LogP contribution in [0.2, 0.25) is 0 Å². The van der Waals surface area contributed by atoms with Gasteiger partial charge in [0.1, 0.15) is 5.82 Å². The Kier molecular flexibility index (Phi) is 4.03. The lowest BCUT2D eigenvalue weighted by molar-refractivity contribution is 0.560. The zero-order valence-corrected chi connectivity index (χ0v) is 9.52. The highest BCUT2D eigenvalue weighted by Crippen LogP contribution is 2.16. The molecule has 0 aromatic heterocycles. The summed E-state index contributed by atoms with van der Waals surface area (Å²) in [6.45, 7) is 0.997. The van der Waals surface area contributed by atoms with Crippen LogP contribution in [0.25, 0.3) is 0 Å². The number of rotatable bonds is 4. The van der Waals surface area contributed by atoms with Gasteiger partial charge >= 0.3 is 0 Å². The van der Waals surface area contributed by atoms with Gasteiger partial charge in [-0.15, -0.1) is 0 Å². The first kappa shape index (κ1) is 11.0. The highest BCUT2D eigenvalue weighted by Gasteiger charge is 2.13. The fourth-order valence-corrected chi connectivity index (χ4v) is 2.95. The maximum absolute atomic E-state index is 12.6. The van der Waals surface area contributed by atoms with Crippen molar-refractivity contribution in [2.45, 2.75) is 18.9 Å². The van der Waals surface area contributed by atoms with E-state index in [1.54, 1.807) is 0 Å². The average Bonchev–Trinajstić information content (AvgIpc) is 2.74. The molecule has 1 fully saturated rings. The van der Waals surface area contributed by atoms with Crippen molar-refractivity contribution >= 4 is 11.8 Å². The summed E-state index contributed by atoms with van der Waals surface area (Å²) in [5.74, 6) is 2.37. The summed E-state index contributed by atoms with van der Waals surface area (Å²) in [4.78, 5) is 0. The molecule has 1 aliphatic rings. The third-order valence-electron chi connectivity index (χ3n) is 2.69. The molecule has 0 amide bonds. The standard InChI is InChI=1S/C12H16FNS/c13-11-3-1-10(2-4-11)5-7-14-12-6-8-15-9-12/h1-4,12,14H,5-9H2. The zero-order valence-electron chi connectivity index (χ0n) is 8.71. The van der Waals surface area contributed by atoms with Gasteiger partial charge in [-0.25, -0.2) is 4.39 Å². The van der Waals surface area contributed by atoms with Crippen LogP contribution in [0.4, 0.5) is 4.39 Å². The number of hydrogen-bond acceptors (Lipinski definition) is 2. The van der Waals surface area contributed by atoms with Crippen molar-refractivity contribution in [1.29, 1.82) is 0 Å². The molecule has 1 aromatic carbocycles. The van der Waals surface area contributed by atoms with E-state index >= 15 is 0 Å². The molecule has 1 atom stereocenters. The minimum Gasteiger partial charge on any atom is -0.313 e. The van der Waals surface area contributed by atoms with Crippen LogP contribution in [0, 0.1) is 5.82 Å². The summed E-state index contributed by atoms with van der Waals surface area (Å²) >= 11 is 2.02. The van der Waals surface area contributed by atoms with Gasteiger partial charge in [-0.1, -0.05) is 12.1 Å². The predicted octanol–water partition coefficient (Wildman–Crippen LogP) is 2.46. The quantitative estimate of drug-likeness (QED) is 0.845. The average molecular weight is 225 g/mol. The number of thioether (sulfide) groups is 1. The fourth-order valence-electron chi connectivity index (χ4n) is 1.77. The summed E-state index contributed by atoms with van der Waals surface area (Å²) in [6, 6.07) is 7.47. The molecule has 1 aliphatic heterocycles. The van der Waals surface area contributed by atoms with Crippen molar-refractivity contribution in [2.24, 2.45) is 0 Å². The molecule has 15 heavy (non-hydrogen) atoms. The molecule has 0 bridgehead atoms. The van der Waals surface area contributed by atoms with E-state index in [0.29, 0.717) is 6.04 Å². The summed E-state index contributed by atoms with van der Waals surface area (Å²) in [7, 11) is 0. The minimum absolute atomic E-state index is 0.154. The van der Waals surface area contributed by atoms with E-state index in [9.17, 15) is 4.39 Å². The third-order valence-corrected chi connectivity index (χ3v) is 3.85. The SMILES string of the molecule is Fc1ccc(CCNC2CCSC2)cc1. The van der Waals surface area contributed by atoms with E-state index in [-0.39, 0.29) is 5.82 Å². The van der Waals surface area contributed by atoms with Crippen LogP contribution in [0.1, 0.15) is 12.0 Å². The lowest BCUT2D eigenvalue weighted by atomic mass is 10.1. The van der Waals surface area contributed by atoms with Crippen LogP contribution in [-0.4, -0.2) is 24.1 Å². The van der Waals surface area contributed by atoms with E-state index in [1.165, 1.54) is 35.6 Å². The summed E-state index contributed by atoms with van der Waals surface area (Å²) in [5, 5.41) is 3.53. The van der Waals surface area contributed by atoms with E-state index in [4.69, 9.17) is 0 Å². The maximum Gasteiger partial charge on any atom is 0.123 e. The molecule has 1 N–H and O–H groups in total. The molecule has 1 saturated heterocycles. The molecular weight excluding hydrogens is 209 g/mol. The highest BCUT2D eigenvalue weighted by molar-refractivity contribution is 7.99. The Balaban J connectivity index is 1.71. The molecular formula is C12H16FNS. The Labute approximate surface area is 94.5 Å². The second-order valence-electron chi connectivity index (χ2n) is 3.89. The molecule has 82 valence electrons. The van der Waals surface area contributed by atoms with Gasteiger partial charge in [-0.2, -0.15) is 11.8 Å². The van der Waals surface area contributed by atoms with Gasteiger partial charge < -0.3 is 5.32 Å². The molecule has 3 heteroatoms. The summed E-state index contributed by atoms with van der Waals surface area (Å²) in [6.07, 6.45) is 2.27. The van der Waals surface area contributed by atoms with Crippen molar-refractivity contribution in [3.8, 4) is 0 Å². The van der Waals surface area contributed by atoms with Crippen LogP contribution < -0.4 is 5.32 Å². The first-order valence-electron chi connectivity index (χ1n) is 5.40. The smallest absolute Gasteiger partial charge is 0.123 e. The Hall–Kier alpha value is -0.540. The van der Waals surface area contributed by atoms with E-state index in [1.807, 2.05) is 23.9 Å². The molecule has 1 unspecified atom stereocenters. The number of benzene rings is 1. The number of hydrogen-bond donors (Lipinski definition) is 1. The monoisotopic (exact) mass is 225 g/mol. The third kappa shape index (κ3) is 3.50. The van der Waals surface area contributed by atoms with Gasteiger partial charge in [0.05, 0.1) is 0 Å². The molecule has 0 radical (unpaired) electrons. The number of halogens is 1. The lowest BCUT2D eigenvalue weighted by Crippen LogP contribution is -2.30. The van der Waals surface area contributed by atoms with Gasteiger partial charge in [0.25, 0.3) is 0 Å². The first-order chi connectivity index (χ1) is 7.34. The van der Waals surface area contributed by atoms with Crippen LogP contribution in [-0.2, 0) is 6.42 Å². The Bertz CT molecular complexity index is 293. The fraction of sp³-hybridized carbons (Fsp3) is 0.500. The van der Waals surface area contributed by atoms with Gasteiger partial charge in [0, 0.05) is 11.8 Å². The van der Waals surface area contributed by atoms with E-state index < -0.39 is 0 Å². The van der Waals surface area contributed by atoms with Crippen molar-refractivity contribution in [2.75, 3.05) is 18.1 Å².